The summed E-state index contributed by atoms with van der Waals surface area (Å²) in [5.74, 6) is -2.11. The second kappa shape index (κ2) is 4.75. The van der Waals surface area contributed by atoms with Crippen LogP contribution in [0.25, 0.3) is 0 Å². The molecule has 0 aromatic carbocycles. The highest BCUT2D eigenvalue weighted by Crippen LogP contribution is 2.14. The number of nitrogens with zero attached hydrogens (tertiary/aromatic N) is 1. The van der Waals surface area contributed by atoms with Crippen molar-refractivity contribution in [2.24, 2.45) is 0 Å². The molecule has 15 heavy (non-hydrogen) atoms. The fourth-order valence-electron chi connectivity index (χ4n) is 1.13. The summed E-state index contributed by atoms with van der Waals surface area (Å²) >= 11 is 5.63. The van der Waals surface area contributed by atoms with Crippen molar-refractivity contribution in [3.05, 3.63) is 28.5 Å². The number of aromatic nitrogens is 1. The average Bonchev–Trinajstić information content (AvgIpc) is 2.08. The molecule has 0 radical (unpaired) electrons. The molecule has 5 nitrogen and oxygen atoms in total. The molecule has 0 aliphatic rings. The summed E-state index contributed by atoms with van der Waals surface area (Å²) in [5, 5.41) is 17.5. The lowest BCUT2D eigenvalue weighted by Crippen LogP contribution is -2.09. The first kappa shape index (κ1) is 11.5. The number of hydrogen-bond donors (Lipinski definition) is 2. The number of hydrogen-bond acceptors (Lipinski definition) is 3. The summed E-state index contributed by atoms with van der Waals surface area (Å²) in [7, 11) is 0. The number of carboxylic acid groups (broad SMARTS) is 2. The number of pyridine rings is 1. The van der Waals surface area contributed by atoms with Crippen molar-refractivity contribution >= 4 is 23.5 Å². The molecule has 0 saturated carbocycles. The molecule has 0 aliphatic heterocycles. The second-order valence-electron chi connectivity index (χ2n) is 2.90. The minimum atomic E-state index is -1.06. The number of rotatable bonds is 4. The van der Waals surface area contributed by atoms with Crippen LogP contribution in [0.1, 0.15) is 11.3 Å². The van der Waals surface area contributed by atoms with Gasteiger partial charge >= 0.3 is 11.9 Å². The van der Waals surface area contributed by atoms with Crippen LogP contribution in [0.15, 0.2) is 12.3 Å². The molecular weight excluding hydrogens is 222 g/mol. The molecule has 1 heterocycles. The Morgan fingerprint density at radius 2 is 1.87 bits per heavy atom. The topological polar surface area (TPSA) is 87.5 Å². The predicted octanol–water partition coefficient (Wildman–Crippen LogP) is 0.989. The first-order valence-electron chi connectivity index (χ1n) is 4.06. The van der Waals surface area contributed by atoms with E-state index < -0.39 is 11.9 Å². The van der Waals surface area contributed by atoms with Gasteiger partial charge in [-0.25, -0.2) is 0 Å². The summed E-state index contributed by atoms with van der Waals surface area (Å²) < 4.78 is 0. The molecular formula is C9H8ClNO4. The molecule has 1 rings (SSSR count). The Morgan fingerprint density at radius 3 is 2.40 bits per heavy atom. The molecule has 0 spiro atoms. The maximum Gasteiger partial charge on any atom is 0.309 e. The standard InChI is InChI=1S/C9H8ClNO4/c10-6-1-5(2-8(12)13)7(11-4-6)3-9(14)15/h1,4H,2-3H2,(H,12,13)(H,14,15). The van der Waals surface area contributed by atoms with Crippen LogP contribution in [0, 0.1) is 0 Å². The van der Waals surface area contributed by atoms with E-state index in [-0.39, 0.29) is 18.5 Å². The summed E-state index contributed by atoms with van der Waals surface area (Å²) in [6, 6.07) is 1.42. The van der Waals surface area contributed by atoms with E-state index in [9.17, 15) is 9.59 Å². The quantitative estimate of drug-likeness (QED) is 0.804. The molecule has 2 N–H and O–H groups in total. The van der Waals surface area contributed by atoms with E-state index in [1.807, 2.05) is 0 Å². The van der Waals surface area contributed by atoms with Crippen LogP contribution in [0.3, 0.4) is 0 Å². The summed E-state index contributed by atoms with van der Waals surface area (Å²) in [6.45, 7) is 0. The first-order valence-corrected chi connectivity index (χ1v) is 4.43. The van der Waals surface area contributed by atoms with Crippen LogP contribution in [0.4, 0.5) is 0 Å². The third-order valence-electron chi connectivity index (χ3n) is 1.69. The fraction of sp³-hybridized carbons (Fsp3) is 0.222. The molecule has 80 valence electrons. The number of aliphatic carboxylic acids is 2. The average molecular weight is 230 g/mol. The molecule has 0 atom stereocenters. The number of carboxylic acids is 2. The minimum Gasteiger partial charge on any atom is -0.481 e. The predicted molar refractivity (Wildman–Crippen MR) is 51.9 cm³/mol. The van der Waals surface area contributed by atoms with Gasteiger partial charge in [0.05, 0.1) is 23.6 Å². The lowest BCUT2D eigenvalue weighted by molar-refractivity contribution is -0.137. The van der Waals surface area contributed by atoms with Gasteiger partial charge in [0.15, 0.2) is 0 Å². The molecule has 6 heteroatoms. The maximum atomic E-state index is 10.5. The van der Waals surface area contributed by atoms with Gasteiger partial charge in [-0.3, -0.25) is 14.6 Å². The van der Waals surface area contributed by atoms with Crippen molar-refractivity contribution in [2.45, 2.75) is 12.8 Å². The third-order valence-corrected chi connectivity index (χ3v) is 1.89. The second-order valence-corrected chi connectivity index (χ2v) is 3.34. The summed E-state index contributed by atoms with van der Waals surface area (Å²) in [6.07, 6.45) is 0.709. The normalized spacial score (nSPS) is 9.93. The van der Waals surface area contributed by atoms with E-state index in [1.54, 1.807) is 0 Å². The zero-order chi connectivity index (χ0) is 11.4. The highest BCUT2D eigenvalue weighted by atomic mass is 35.5. The van der Waals surface area contributed by atoms with E-state index >= 15 is 0 Å². The van der Waals surface area contributed by atoms with Gasteiger partial charge in [0.25, 0.3) is 0 Å². The van der Waals surface area contributed by atoms with Gasteiger partial charge in [-0.2, -0.15) is 0 Å². The number of carbonyl (C=O) groups is 2. The monoisotopic (exact) mass is 229 g/mol. The van der Waals surface area contributed by atoms with E-state index in [1.165, 1.54) is 12.3 Å². The maximum absolute atomic E-state index is 10.5. The Morgan fingerprint density at radius 1 is 1.27 bits per heavy atom. The molecule has 0 bridgehead atoms. The molecule has 0 unspecified atom stereocenters. The lowest BCUT2D eigenvalue weighted by atomic mass is 10.1. The molecule has 0 amide bonds. The van der Waals surface area contributed by atoms with Crippen molar-refractivity contribution in [1.29, 1.82) is 0 Å². The van der Waals surface area contributed by atoms with Gasteiger partial charge in [-0.15, -0.1) is 0 Å². The SMILES string of the molecule is O=C(O)Cc1cc(Cl)cnc1CC(=O)O. The molecule has 0 fully saturated rings. The molecule has 1 aromatic heterocycles. The minimum absolute atomic E-state index is 0.231. The van der Waals surface area contributed by atoms with Crippen LogP contribution in [0.2, 0.25) is 5.02 Å². The Hall–Kier alpha value is -1.62. The highest BCUT2D eigenvalue weighted by molar-refractivity contribution is 6.30. The van der Waals surface area contributed by atoms with Crippen LogP contribution < -0.4 is 0 Å². The van der Waals surface area contributed by atoms with E-state index in [2.05, 4.69) is 4.98 Å². The smallest absolute Gasteiger partial charge is 0.309 e. The van der Waals surface area contributed by atoms with Crippen molar-refractivity contribution in [3.8, 4) is 0 Å². The number of halogens is 1. The van der Waals surface area contributed by atoms with Gasteiger partial charge in [0.2, 0.25) is 0 Å². The Labute approximate surface area is 90.3 Å². The van der Waals surface area contributed by atoms with E-state index in [0.717, 1.165) is 0 Å². The van der Waals surface area contributed by atoms with Crippen LogP contribution in [-0.4, -0.2) is 27.1 Å². The third kappa shape index (κ3) is 3.55. The van der Waals surface area contributed by atoms with Gasteiger partial charge in [-0.1, -0.05) is 11.6 Å². The van der Waals surface area contributed by atoms with Gasteiger partial charge < -0.3 is 10.2 Å². The van der Waals surface area contributed by atoms with Crippen molar-refractivity contribution in [3.63, 3.8) is 0 Å². The first-order chi connectivity index (χ1) is 6.99. The van der Waals surface area contributed by atoms with E-state index in [4.69, 9.17) is 21.8 Å². The lowest BCUT2D eigenvalue weighted by Gasteiger charge is -2.04. The van der Waals surface area contributed by atoms with Crippen LogP contribution in [0.5, 0.6) is 0 Å². The van der Waals surface area contributed by atoms with Gasteiger partial charge in [0.1, 0.15) is 0 Å². The zero-order valence-corrected chi connectivity index (χ0v) is 8.36. The molecule has 0 saturated heterocycles. The largest absolute Gasteiger partial charge is 0.481 e. The Balaban J connectivity index is 3.02. The van der Waals surface area contributed by atoms with E-state index in [0.29, 0.717) is 10.6 Å². The Bertz CT molecular complexity index is 405. The summed E-state index contributed by atoms with van der Waals surface area (Å²) in [4.78, 5) is 24.8. The van der Waals surface area contributed by atoms with Crippen molar-refractivity contribution in [2.75, 3.05) is 0 Å². The fourth-order valence-corrected chi connectivity index (χ4v) is 1.31. The Kier molecular flexibility index (Phi) is 3.62. The zero-order valence-electron chi connectivity index (χ0n) is 7.61. The summed E-state index contributed by atoms with van der Waals surface area (Å²) in [5.41, 5.74) is 0.562. The van der Waals surface area contributed by atoms with Gasteiger partial charge in [0, 0.05) is 6.20 Å². The van der Waals surface area contributed by atoms with Gasteiger partial charge in [-0.05, 0) is 11.6 Å². The highest BCUT2D eigenvalue weighted by Gasteiger charge is 2.11. The molecule has 1 aromatic rings. The van der Waals surface area contributed by atoms with Crippen molar-refractivity contribution < 1.29 is 19.8 Å². The van der Waals surface area contributed by atoms with Crippen molar-refractivity contribution in [1.82, 2.24) is 4.98 Å². The molecule has 0 aliphatic carbocycles. The van der Waals surface area contributed by atoms with Crippen LogP contribution in [-0.2, 0) is 22.4 Å². The van der Waals surface area contributed by atoms with Crippen LogP contribution >= 0.6 is 11.6 Å².